The van der Waals surface area contributed by atoms with E-state index in [-0.39, 0.29) is 17.7 Å². The smallest absolute Gasteiger partial charge is 0.252 e. The number of tetrazole rings is 1. The highest BCUT2D eigenvalue weighted by Gasteiger charge is 2.27. The lowest BCUT2D eigenvalue weighted by molar-refractivity contribution is 0.0348. The van der Waals surface area contributed by atoms with Gasteiger partial charge in [0.05, 0.1) is 31.9 Å². The Morgan fingerprint density at radius 1 is 1.22 bits per heavy atom. The molecular weight excluding hydrogens is 470 g/mol. The molecule has 2 atom stereocenters. The number of rotatable bonds is 11. The molecule has 3 aromatic rings. The van der Waals surface area contributed by atoms with E-state index in [0.717, 1.165) is 94.0 Å². The first kappa shape index (κ1) is 26.0. The third kappa shape index (κ3) is 6.43. The normalized spacial score (nSPS) is 19.7. The number of aromatic nitrogens is 5. The van der Waals surface area contributed by atoms with Gasteiger partial charge < -0.3 is 14.5 Å². The van der Waals surface area contributed by atoms with Crippen molar-refractivity contribution < 1.29 is 9.47 Å². The molecule has 2 aromatic heterocycles. The number of fused-ring (bicyclic) bond motifs is 1. The molecule has 0 aliphatic carbocycles. The summed E-state index contributed by atoms with van der Waals surface area (Å²) in [6.07, 6.45) is 4.10. The van der Waals surface area contributed by atoms with Crippen molar-refractivity contribution in [2.45, 2.75) is 64.8 Å². The summed E-state index contributed by atoms with van der Waals surface area (Å²) >= 11 is 0. The summed E-state index contributed by atoms with van der Waals surface area (Å²) in [5.74, 6) is 0.845. The highest BCUT2D eigenvalue weighted by molar-refractivity contribution is 5.79. The van der Waals surface area contributed by atoms with Crippen LogP contribution in [0, 0.1) is 6.92 Å². The molecule has 1 N–H and O–H groups in total. The number of morpholine rings is 1. The van der Waals surface area contributed by atoms with Crippen LogP contribution in [0.3, 0.4) is 0 Å². The molecule has 2 aliphatic rings. The van der Waals surface area contributed by atoms with Crippen molar-refractivity contribution in [1.82, 2.24) is 35.0 Å². The third-order valence-corrected chi connectivity index (χ3v) is 7.56. The predicted octanol–water partition coefficient (Wildman–Crippen LogP) is 2.68. The maximum absolute atomic E-state index is 13.1. The van der Waals surface area contributed by atoms with Crippen LogP contribution >= 0.6 is 0 Å². The van der Waals surface area contributed by atoms with Gasteiger partial charge in [-0.25, -0.2) is 4.68 Å². The third-order valence-electron chi connectivity index (χ3n) is 7.56. The molecule has 2 aliphatic heterocycles. The number of nitrogens with one attached hydrogen (secondary N) is 1. The number of pyridine rings is 1. The summed E-state index contributed by atoms with van der Waals surface area (Å²) in [5.41, 5.74) is 2.77. The lowest BCUT2D eigenvalue weighted by atomic mass is 10.1. The number of benzene rings is 1. The van der Waals surface area contributed by atoms with Gasteiger partial charge in [-0.15, -0.1) is 5.10 Å². The molecule has 0 radical (unpaired) electrons. The van der Waals surface area contributed by atoms with Crippen molar-refractivity contribution in [2.24, 2.45) is 0 Å². The topological polar surface area (TPSA) is 101 Å². The van der Waals surface area contributed by atoms with Crippen LogP contribution in [-0.2, 0) is 22.6 Å². The van der Waals surface area contributed by atoms with Crippen molar-refractivity contribution >= 4 is 10.9 Å². The molecule has 5 rings (SSSR count). The number of H-pyrrole nitrogens is 1. The van der Waals surface area contributed by atoms with Crippen molar-refractivity contribution in [1.29, 1.82) is 0 Å². The van der Waals surface area contributed by atoms with E-state index in [2.05, 4.69) is 50.2 Å². The Hall–Kier alpha value is -2.66. The molecular formula is C27H39N7O3. The zero-order valence-corrected chi connectivity index (χ0v) is 22.1. The van der Waals surface area contributed by atoms with Gasteiger partial charge in [-0.1, -0.05) is 18.6 Å². The standard InChI is InChI=1S/C27H39N7O3/c1-3-25(26-29-30-31-34(26)19-23-6-4-13-37-23)33(10-5-9-32-11-14-36-15-12-32)18-22-17-21-16-20(2)7-8-24(21)28-27(22)35/h7-8,16-17,23,25H,3-6,9-15,18-19H2,1-2H3,(H,28,35)/t23-,25-/m0/s1. The zero-order chi connectivity index (χ0) is 25.6. The lowest BCUT2D eigenvalue weighted by Crippen LogP contribution is -2.39. The summed E-state index contributed by atoms with van der Waals surface area (Å²) in [4.78, 5) is 21.0. The van der Waals surface area contributed by atoms with Crippen molar-refractivity contribution in [3.8, 4) is 0 Å². The number of aryl methyl sites for hydroxylation is 1. The summed E-state index contributed by atoms with van der Waals surface area (Å²) in [6.45, 7) is 11.6. The van der Waals surface area contributed by atoms with Gasteiger partial charge in [0, 0.05) is 43.9 Å². The van der Waals surface area contributed by atoms with E-state index < -0.39 is 0 Å². The second kappa shape index (κ2) is 12.3. The Kier molecular flexibility index (Phi) is 8.60. The van der Waals surface area contributed by atoms with Crippen LogP contribution in [0.25, 0.3) is 10.9 Å². The molecule has 2 saturated heterocycles. The Morgan fingerprint density at radius 3 is 2.86 bits per heavy atom. The largest absolute Gasteiger partial charge is 0.379 e. The van der Waals surface area contributed by atoms with E-state index in [1.165, 1.54) is 5.56 Å². The van der Waals surface area contributed by atoms with Crippen LogP contribution in [0.2, 0.25) is 0 Å². The highest BCUT2D eigenvalue weighted by Crippen LogP contribution is 2.26. The first-order chi connectivity index (χ1) is 18.1. The van der Waals surface area contributed by atoms with Gasteiger partial charge in [-0.3, -0.25) is 14.6 Å². The molecule has 2 fully saturated rings. The van der Waals surface area contributed by atoms with Crippen LogP contribution < -0.4 is 5.56 Å². The van der Waals surface area contributed by atoms with Gasteiger partial charge in [-0.2, -0.15) is 0 Å². The average Bonchev–Trinajstić information content (AvgIpc) is 3.59. The number of ether oxygens (including phenoxy) is 2. The maximum atomic E-state index is 13.1. The molecule has 0 bridgehead atoms. The summed E-state index contributed by atoms with van der Waals surface area (Å²) in [5, 5.41) is 13.9. The Balaban J connectivity index is 1.39. The monoisotopic (exact) mass is 509 g/mol. The van der Waals surface area contributed by atoms with Crippen molar-refractivity contribution in [3.05, 3.63) is 51.6 Å². The van der Waals surface area contributed by atoms with Gasteiger partial charge in [-0.05, 0) is 73.2 Å². The first-order valence-corrected chi connectivity index (χ1v) is 13.6. The Labute approximate surface area is 217 Å². The lowest BCUT2D eigenvalue weighted by Gasteiger charge is -2.32. The van der Waals surface area contributed by atoms with Crippen LogP contribution in [0.4, 0.5) is 0 Å². The summed E-state index contributed by atoms with van der Waals surface area (Å²) in [7, 11) is 0. The second-order valence-electron chi connectivity index (χ2n) is 10.3. The molecule has 10 nitrogen and oxygen atoms in total. The van der Waals surface area contributed by atoms with E-state index in [4.69, 9.17) is 9.47 Å². The molecule has 37 heavy (non-hydrogen) atoms. The maximum Gasteiger partial charge on any atom is 0.252 e. The van der Waals surface area contributed by atoms with Crippen LogP contribution in [0.15, 0.2) is 29.1 Å². The summed E-state index contributed by atoms with van der Waals surface area (Å²) < 4.78 is 13.3. The van der Waals surface area contributed by atoms with Gasteiger partial charge in [0.15, 0.2) is 5.82 Å². The van der Waals surface area contributed by atoms with E-state index in [1.807, 2.05) is 22.9 Å². The van der Waals surface area contributed by atoms with Crippen molar-refractivity contribution in [3.63, 3.8) is 0 Å². The zero-order valence-electron chi connectivity index (χ0n) is 22.1. The SMILES string of the molecule is CC[C@@H](c1nnnn1C[C@@H]1CCCO1)N(CCCN1CCOCC1)Cc1cc2cc(C)ccc2[nH]c1=O. The van der Waals surface area contributed by atoms with Gasteiger partial charge in [0.25, 0.3) is 5.56 Å². The predicted molar refractivity (Wildman–Crippen MR) is 141 cm³/mol. The van der Waals surface area contributed by atoms with Gasteiger partial charge in [0.1, 0.15) is 0 Å². The van der Waals surface area contributed by atoms with Crippen molar-refractivity contribution in [2.75, 3.05) is 46.0 Å². The fourth-order valence-electron chi connectivity index (χ4n) is 5.54. The molecule has 10 heteroatoms. The molecule has 0 unspecified atom stereocenters. The van der Waals surface area contributed by atoms with Crippen LogP contribution in [0.1, 0.15) is 55.6 Å². The van der Waals surface area contributed by atoms with E-state index in [9.17, 15) is 4.79 Å². The summed E-state index contributed by atoms with van der Waals surface area (Å²) in [6, 6.07) is 8.16. The molecule has 200 valence electrons. The average molecular weight is 510 g/mol. The number of aromatic amines is 1. The van der Waals surface area contributed by atoms with E-state index >= 15 is 0 Å². The minimum atomic E-state index is -0.0386. The number of hydrogen-bond acceptors (Lipinski definition) is 8. The molecule has 0 amide bonds. The first-order valence-electron chi connectivity index (χ1n) is 13.6. The van der Waals surface area contributed by atoms with Gasteiger partial charge in [0.2, 0.25) is 0 Å². The number of hydrogen-bond donors (Lipinski definition) is 1. The Bertz CT molecular complexity index is 1210. The molecule has 0 saturated carbocycles. The van der Waals surface area contributed by atoms with Crippen LogP contribution in [0.5, 0.6) is 0 Å². The fourth-order valence-corrected chi connectivity index (χ4v) is 5.54. The minimum absolute atomic E-state index is 0.00583. The Morgan fingerprint density at radius 2 is 2.08 bits per heavy atom. The minimum Gasteiger partial charge on any atom is -0.379 e. The van der Waals surface area contributed by atoms with Gasteiger partial charge >= 0.3 is 0 Å². The molecule has 0 spiro atoms. The second-order valence-corrected chi connectivity index (χ2v) is 10.3. The molecule has 4 heterocycles. The quantitative estimate of drug-likeness (QED) is 0.421. The fraction of sp³-hybridized carbons (Fsp3) is 0.630. The molecule has 1 aromatic carbocycles. The highest BCUT2D eigenvalue weighted by atomic mass is 16.5. The van der Waals surface area contributed by atoms with Crippen LogP contribution in [-0.4, -0.2) is 87.1 Å². The number of nitrogens with zero attached hydrogens (tertiary/aromatic N) is 6. The van der Waals surface area contributed by atoms with E-state index in [0.29, 0.717) is 13.1 Å². The van der Waals surface area contributed by atoms with E-state index in [1.54, 1.807) is 0 Å².